The number of carbonyl (C=O) groups is 1. The Morgan fingerprint density at radius 1 is 1.18 bits per heavy atom. The molecule has 1 heterocycles. The molecule has 1 aromatic heterocycles. The Kier molecular flexibility index (Phi) is 5.35. The first-order valence-corrected chi connectivity index (χ1v) is 9.81. The second kappa shape index (κ2) is 7.57. The molecule has 0 atom stereocenters. The van der Waals surface area contributed by atoms with Gasteiger partial charge >= 0.3 is 0 Å². The summed E-state index contributed by atoms with van der Waals surface area (Å²) < 4.78 is 41.1. The van der Waals surface area contributed by atoms with Crippen LogP contribution in [-0.4, -0.2) is 37.5 Å². The van der Waals surface area contributed by atoms with Crippen LogP contribution in [0.1, 0.15) is 11.1 Å². The number of hydrogen-bond donors (Lipinski definition) is 0. The minimum absolute atomic E-state index is 0.116. The molecule has 2 aromatic carbocycles. The third-order valence-electron chi connectivity index (χ3n) is 4.33. The SMILES string of the molecule is CON(C)C(=O)/C=C/c1cn(S(=O)(=O)c2ccc(C)cc2)c2ccc(F)cc12. The van der Waals surface area contributed by atoms with Crippen molar-refractivity contribution in [1.29, 1.82) is 0 Å². The van der Waals surface area contributed by atoms with E-state index in [1.54, 1.807) is 12.1 Å². The average molecular weight is 402 g/mol. The van der Waals surface area contributed by atoms with E-state index < -0.39 is 21.7 Å². The van der Waals surface area contributed by atoms with Crippen molar-refractivity contribution in [2.45, 2.75) is 11.8 Å². The number of amides is 1. The number of aromatic nitrogens is 1. The van der Waals surface area contributed by atoms with Gasteiger partial charge in [0.05, 0.1) is 17.5 Å². The van der Waals surface area contributed by atoms with Gasteiger partial charge in [-0.25, -0.2) is 21.8 Å². The van der Waals surface area contributed by atoms with Crippen molar-refractivity contribution in [3.05, 3.63) is 71.7 Å². The van der Waals surface area contributed by atoms with Crippen LogP contribution in [0.2, 0.25) is 0 Å². The van der Waals surface area contributed by atoms with Crippen LogP contribution >= 0.6 is 0 Å². The van der Waals surface area contributed by atoms with Gasteiger partial charge in [-0.2, -0.15) is 0 Å². The molecule has 8 heteroatoms. The van der Waals surface area contributed by atoms with Crippen LogP contribution in [0.15, 0.2) is 59.6 Å². The van der Waals surface area contributed by atoms with Crippen LogP contribution < -0.4 is 0 Å². The lowest BCUT2D eigenvalue weighted by Crippen LogP contribution is -2.22. The van der Waals surface area contributed by atoms with Gasteiger partial charge in [-0.15, -0.1) is 0 Å². The van der Waals surface area contributed by atoms with Crippen LogP contribution in [0.25, 0.3) is 17.0 Å². The third kappa shape index (κ3) is 3.69. The van der Waals surface area contributed by atoms with Gasteiger partial charge in [-0.1, -0.05) is 17.7 Å². The maximum absolute atomic E-state index is 13.8. The number of carbonyl (C=O) groups excluding carboxylic acids is 1. The Labute approximate surface area is 162 Å². The monoisotopic (exact) mass is 402 g/mol. The number of rotatable bonds is 5. The van der Waals surface area contributed by atoms with E-state index in [1.165, 1.54) is 62.8 Å². The number of likely N-dealkylation sites (N-methyl/N-ethyl adjacent to an activating group) is 1. The van der Waals surface area contributed by atoms with Gasteiger partial charge in [-0.3, -0.25) is 9.63 Å². The fourth-order valence-corrected chi connectivity index (χ4v) is 4.09. The molecule has 0 radical (unpaired) electrons. The summed E-state index contributed by atoms with van der Waals surface area (Å²) in [5.74, 6) is -0.950. The van der Waals surface area contributed by atoms with Gasteiger partial charge in [0, 0.05) is 30.3 Å². The van der Waals surface area contributed by atoms with Crippen LogP contribution in [0.3, 0.4) is 0 Å². The molecule has 0 saturated heterocycles. The first-order valence-electron chi connectivity index (χ1n) is 8.37. The van der Waals surface area contributed by atoms with Gasteiger partial charge in [-0.05, 0) is 43.3 Å². The zero-order valence-corrected chi connectivity index (χ0v) is 16.4. The second-order valence-corrected chi connectivity index (χ2v) is 8.03. The highest BCUT2D eigenvalue weighted by Crippen LogP contribution is 2.28. The van der Waals surface area contributed by atoms with E-state index in [4.69, 9.17) is 4.84 Å². The molecule has 3 aromatic rings. The van der Waals surface area contributed by atoms with Crippen molar-refractivity contribution < 1.29 is 22.4 Å². The van der Waals surface area contributed by atoms with Gasteiger partial charge in [0.25, 0.3) is 15.9 Å². The molecule has 0 saturated carbocycles. The number of hydroxylamine groups is 2. The van der Waals surface area contributed by atoms with Crippen molar-refractivity contribution in [2.75, 3.05) is 14.2 Å². The van der Waals surface area contributed by atoms with E-state index in [-0.39, 0.29) is 4.90 Å². The summed E-state index contributed by atoms with van der Waals surface area (Å²) >= 11 is 0. The van der Waals surface area contributed by atoms with Crippen LogP contribution in [0.4, 0.5) is 4.39 Å². The topological polar surface area (TPSA) is 68.6 Å². The van der Waals surface area contributed by atoms with E-state index >= 15 is 0 Å². The Bertz CT molecular complexity index is 1160. The first kappa shape index (κ1) is 19.8. The molecule has 6 nitrogen and oxygen atoms in total. The largest absolute Gasteiger partial charge is 0.274 e. The second-order valence-electron chi connectivity index (χ2n) is 6.21. The Balaban J connectivity index is 2.15. The summed E-state index contributed by atoms with van der Waals surface area (Å²) in [6, 6.07) is 10.3. The van der Waals surface area contributed by atoms with E-state index in [1.807, 2.05) is 6.92 Å². The van der Waals surface area contributed by atoms with Crippen molar-refractivity contribution in [1.82, 2.24) is 9.04 Å². The average Bonchev–Trinajstić information content (AvgIpc) is 3.04. The molecular weight excluding hydrogens is 383 g/mol. The van der Waals surface area contributed by atoms with Crippen molar-refractivity contribution in [3.63, 3.8) is 0 Å². The molecule has 146 valence electrons. The van der Waals surface area contributed by atoms with Gasteiger partial charge in [0.15, 0.2) is 0 Å². The molecule has 3 rings (SSSR count). The smallest absolute Gasteiger partial charge is 0.269 e. The fraction of sp³-hybridized carbons (Fsp3) is 0.150. The van der Waals surface area contributed by atoms with Crippen molar-refractivity contribution in [2.24, 2.45) is 0 Å². The zero-order chi connectivity index (χ0) is 20.5. The lowest BCUT2D eigenvalue weighted by atomic mass is 10.1. The quantitative estimate of drug-likeness (QED) is 0.485. The standard InChI is InChI=1S/C20H19FN2O4S/c1-14-4-8-17(9-5-14)28(25,26)23-13-15(6-11-20(24)22(2)27-3)18-12-16(21)7-10-19(18)23/h4-13H,1-3H3/b11-6+. The molecular formula is C20H19FN2O4S. The van der Waals surface area contributed by atoms with Crippen LogP contribution in [-0.2, 0) is 19.7 Å². The molecule has 0 aliphatic heterocycles. The first-order chi connectivity index (χ1) is 13.2. The predicted octanol–water partition coefficient (Wildman–Crippen LogP) is 3.36. The summed E-state index contributed by atoms with van der Waals surface area (Å²) in [5.41, 5.74) is 1.64. The zero-order valence-electron chi connectivity index (χ0n) is 15.6. The molecule has 1 amide bonds. The Hall–Kier alpha value is -2.97. The molecule has 0 aliphatic rings. The molecule has 0 fully saturated rings. The Morgan fingerprint density at radius 2 is 1.86 bits per heavy atom. The highest BCUT2D eigenvalue weighted by Gasteiger charge is 2.21. The van der Waals surface area contributed by atoms with Crippen molar-refractivity contribution in [3.8, 4) is 0 Å². The van der Waals surface area contributed by atoms with Crippen LogP contribution in [0.5, 0.6) is 0 Å². The number of hydrogen-bond acceptors (Lipinski definition) is 4. The molecule has 0 N–H and O–H groups in total. The van der Waals surface area contributed by atoms with Gasteiger partial charge in [0.1, 0.15) is 5.82 Å². The number of nitrogens with zero attached hydrogens (tertiary/aromatic N) is 2. The summed E-state index contributed by atoms with van der Waals surface area (Å²) in [6.45, 7) is 1.86. The third-order valence-corrected chi connectivity index (χ3v) is 6.02. The van der Waals surface area contributed by atoms with Crippen molar-refractivity contribution >= 4 is 32.9 Å². The lowest BCUT2D eigenvalue weighted by Gasteiger charge is -2.09. The molecule has 0 aliphatic carbocycles. The maximum atomic E-state index is 13.8. The number of benzene rings is 2. The molecule has 0 spiro atoms. The maximum Gasteiger partial charge on any atom is 0.269 e. The number of aryl methyl sites for hydroxylation is 1. The van der Waals surface area contributed by atoms with Gasteiger partial charge in [0.2, 0.25) is 0 Å². The molecule has 0 unspecified atom stereocenters. The Morgan fingerprint density at radius 3 is 2.50 bits per heavy atom. The summed E-state index contributed by atoms with van der Waals surface area (Å²) in [5, 5.41) is 1.39. The minimum atomic E-state index is -3.89. The van der Waals surface area contributed by atoms with E-state index in [0.717, 1.165) is 14.6 Å². The van der Waals surface area contributed by atoms with Gasteiger partial charge < -0.3 is 0 Å². The van der Waals surface area contributed by atoms with Crippen LogP contribution in [0, 0.1) is 12.7 Å². The molecule has 28 heavy (non-hydrogen) atoms. The highest BCUT2D eigenvalue weighted by molar-refractivity contribution is 7.90. The fourth-order valence-electron chi connectivity index (χ4n) is 2.71. The van der Waals surface area contributed by atoms with E-state index in [9.17, 15) is 17.6 Å². The summed E-state index contributed by atoms with van der Waals surface area (Å²) in [4.78, 5) is 16.8. The number of fused-ring (bicyclic) bond motifs is 1. The normalized spacial score (nSPS) is 12.0. The lowest BCUT2D eigenvalue weighted by molar-refractivity contribution is -0.162. The summed E-state index contributed by atoms with van der Waals surface area (Å²) in [7, 11) is -1.10. The highest BCUT2D eigenvalue weighted by atomic mass is 32.2. The van der Waals surface area contributed by atoms with E-state index in [0.29, 0.717) is 16.5 Å². The predicted molar refractivity (Wildman–Crippen MR) is 104 cm³/mol. The van der Waals surface area contributed by atoms with E-state index in [2.05, 4.69) is 0 Å². The number of halogens is 1. The minimum Gasteiger partial charge on any atom is -0.274 e. The summed E-state index contributed by atoms with van der Waals surface area (Å²) in [6.07, 6.45) is 4.03. The molecule has 0 bridgehead atoms.